The Kier molecular flexibility index (Phi) is 6.40. The molecule has 0 bridgehead atoms. The molecular weight excluding hydrogens is 276 g/mol. The molecule has 0 radical (unpaired) electrons. The number of carbonyl (C=O) groups is 1. The first kappa shape index (κ1) is 17.0. The highest BCUT2D eigenvalue weighted by Gasteiger charge is 2.32. The molecule has 1 heterocycles. The second-order valence-electron chi connectivity index (χ2n) is 6.15. The molecule has 2 rings (SSSR count). The molecule has 0 aromatic heterocycles. The van der Waals surface area contributed by atoms with Gasteiger partial charge in [0.25, 0.3) is 0 Å². The molecular formula is C18H28N2O2. The van der Waals surface area contributed by atoms with Gasteiger partial charge in [0.1, 0.15) is 0 Å². The van der Waals surface area contributed by atoms with E-state index in [0.717, 1.165) is 31.6 Å². The van der Waals surface area contributed by atoms with Gasteiger partial charge >= 0.3 is 0 Å². The van der Waals surface area contributed by atoms with E-state index in [1.54, 1.807) is 0 Å². The Morgan fingerprint density at radius 2 is 2.09 bits per heavy atom. The minimum Gasteiger partial charge on any atom is -0.373 e. The third-order valence-electron chi connectivity index (χ3n) is 4.20. The number of carbonyl (C=O) groups excluding carboxylic acids is 1. The summed E-state index contributed by atoms with van der Waals surface area (Å²) in [5.41, 5.74) is 2.32. The normalized spacial score (nSPS) is 23.0. The molecule has 0 spiro atoms. The summed E-state index contributed by atoms with van der Waals surface area (Å²) in [6.45, 7) is 8.52. The van der Waals surface area contributed by atoms with Crippen LogP contribution in [0.15, 0.2) is 24.3 Å². The molecule has 4 heteroatoms. The van der Waals surface area contributed by atoms with Crippen LogP contribution in [-0.2, 0) is 9.53 Å². The first-order valence-corrected chi connectivity index (χ1v) is 8.31. The number of amides is 1. The van der Waals surface area contributed by atoms with Crippen LogP contribution in [0.5, 0.6) is 0 Å². The van der Waals surface area contributed by atoms with Crippen molar-refractivity contribution in [3.05, 3.63) is 35.4 Å². The predicted octanol–water partition coefficient (Wildman–Crippen LogP) is 2.58. The van der Waals surface area contributed by atoms with Crippen LogP contribution in [0.3, 0.4) is 0 Å². The molecule has 0 aliphatic carbocycles. The SMILES string of the molecule is CCN[C@H](C)CNC(=O)C1CCCOC1c1ccc(C)cc1. The molecule has 22 heavy (non-hydrogen) atoms. The molecule has 1 amide bonds. The van der Waals surface area contributed by atoms with E-state index >= 15 is 0 Å². The highest BCUT2D eigenvalue weighted by atomic mass is 16.5. The van der Waals surface area contributed by atoms with Gasteiger partial charge in [-0.2, -0.15) is 0 Å². The molecule has 0 saturated carbocycles. The average Bonchev–Trinajstić information content (AvgIpc) is 2.54. The van der Waals surface area contributed by atoms with Crippen LogP contribution in [0.1, 0.15) is 43.9 Å². The van der Waals surface area contributed by atoms with Gasteiger partial charge in [-0.1, -0.05) is 36.8 Å². The van der Waals surface area contributed by atoms with E-state index in [9.17, 15) is 4.79 Å². The van der Waals surface area contributed by atoms with Crippen LogP contribution in [0.2, 0.25) is 0 Å². The fourth-order valence-corrected chi connectivity index (χ4v) is 2.94. The lowest BCUT2D eigenvalue weighted by atomic mass is 9.88. The average molecular weight is 304 g/mol. The van der Waals surface area contributed by atoms with Crippen LogP contribution in [0, 0.1) is 12.8 Å². The lowest BCUT2D eigenvalue weighted by Crippen LogP contribution is -2.43. The summed E-state index contributed by atoms with van der Waals surface area (Å²) in [7, 11) is 0. The van der Waals surface area contributed by atoms with Crippen molar-refractivity contribution >= 4 is 5.91 Å². The summed E-state index contributed by atoms with van der Waals surface area (Å²) < 4.78 is 5.92. The highest BCUT2D eigenvalue weighted by molar-refractivity contribution is 5.79. The number of rotatable bonds is 6. The second-order valence-corrected chi connectivity index (χ2v) is 6.15. The number of nitrogens with one attached hydrogen (secondary N) is 2. The topological polar surface area (TPSA) is 50.4 Å². The van der Waals surface area contributed by atoms with Crippen molar-refractivity contribution < 1.29 is 9.53 Å². The monoisotopic (exact) mass is 304 g/mol. The fraction of sp³-hybridized carbons (Fsp3) is 0.611. The van der Waals surface area contributed by atoms with Gasteiger partial charge < -0.3 is 15.4 Å². The quantitative estimate of drug-likeness (QED) is 0.849. The predicted molar refractivity (Wildman–Crippen MR) is 88.7 cm³/mol. The zero-order valence-electron chi connectivity index (χ0n) is 13.9. The van der Waals surface area contributed by atoms with Crippen LogP contribution < -0.4 is 10.6 Å². The molecule has 1 aromatic carbocycles. The molecule has 1 aromatic rings. The Balaban J connectivity index is 1.99. The van der Waals surface area contributed by atoms with Crippen molar-refractivity contribution in [2.75, 3.05) is 19.7 Å². The Morgan fingerprint density at radius 3 is 2.77 bits per heavy atom. The Labute approximate surface area is 133 Å². The number of hydrogen-bond acceptors (Lipinski definition) is 3. The Hall–Kier alpha value is -1.39. The summed E-state index contributed by atoms with van der Waals surface area (Å²) >= 11 is 0. The van der Waals surface area contributed by atoms with Gasteiger partial charge in [-0.15, -0.1) is 0 Å². The number of aryl methyl sites for hydroxylation is 1. The van der Waals surface area contributed by atoms with Crippen LogP contribution >= 0.6 is 0 Å². The second kappa shape index (κ2) is 8.30. The van der Waals surface area contributed by atoms with E-state index in [0.29, 0.717) is 6.54 Å². The van der Waals surface area contributed by atoms with Crippen molar-refractivity contribution in [3.63, 3.8) is 0 Å². The summed E-state index contributed by atoms with van der Waals surface area (Å²) in [6.07, 6.45) is 1.71. The maximum atomic E-state index is 12.5. The van der Waals surface area contributed by atoms with Gasteiger partial charge in [0.2, 0.25) is 5.91 Å². The zero-order chi connectivity index (χ0) is 15.9. The van der Waals surface area contributed by atoms with Gasteiger partial charge in [0.15, 0.2) is 0 Å². The van der Waals surface area contributed by atoms with Crippen LogP contribution in [0.25, 0.3) is 0 Å². The fourth-order valence-electron chi connectivity index (χ4n) is 2.94. The lowest BCUT2D eigenvalue weighted by molar-refractivity contribution is -0.134. The maximum Gasteiger partial charge on any atom is 0.226 e. The summed E-state index contributed by atoms with van der Waals surface area (Å²) in [5, 5.41) is 6.37. The van der Waals surface area contributed by atoms with Crippen LogP contribution in [-0.4, -0.2) is 31.6 Å². The van der Waals surface area contributed by atoms with E-state index in [-0.39, 0.29) is 24.0 Å². The molecule has 2 N–H and O–H groups in total. The van der Waals surface area contributed by atoms with E-state index in [2.05, 4.69) is 55.7 Å². The molecule has 2 unspecified atom stereocenters. The number of hydrogen-bond donors (Lipinski definition) is 2. The smallest absolute Gasteiger partial charge is 0.226 e. The maximum absolute atomic E-state index is 12.5. The summed E-state index contributed by atoms with van der Waals surface area (Å²) in [5.74, 6) is 0.0142. The van der Waals surface area contributed by atoms with Gasteiger partial charge in [0, 0.05) is 19.2 Å². The van der Waals surface area contributed by atoms with Crippen LogP contribution in [0.4, 0.5) is 0 Å². The number of likely N-dealkylation sites (N-methyl/N-ethyl adjacent to an activating group) is 1. The number of ether oxygens (including phenoxy) is 1. The van der Waals surface area contributed by atoms with Gasteiger partial charge in [-0.05, 0) is 38.8 Å². The van der Waals surface area contributed by atoms with Gasteiger partial charge in [-0.25, -0.2) is 0 Å². The first-order valence-electron chi connectivity index (χ1n) is 8.31. The molecule has 1 saturated heterocycles. The first-order chi connectivity index (χ1) is 10.6. The van der Waals surface area contributed by atoms with Crippen molar-refractivity contribution in [3.8, 4) is 0 Å². The van der Waals surface area contributed by atoms with Gasteiger partial charge in [-0.3, -0.25) is 4.79 Å². The summed E-state index contributed by atoms with van der Waals surface area (Å²) in [6, 6.07) is 8.60. The third kappa shape index (κ3) is 4.55. The third-order valence-corrected chi connectivity index (χ3v) is 4.20. The van der Waals surface area contributed by atoms with E-state index in [1.807, 2.05) is 0 Å². The van der Waals surface area contributed by atoms with Gasteiger partial charge in [0.05, 0.1) is 12.0 Å². The van der Waals surface area contributed by atoms with E-state index in [4.69, 9.17) is 4.74 Å². The Morgan fingerprint density at radius 1 is 1.36 bits per heavy atom. The molecule has 3 atom stereocenters. The van der Waals surface area contributed by atoms with Crippen molar-refractivity contribution in [1.29, 1.82) is 0 Å². The molecule has 1 fully saturated rings. The van der Waals surface area contributed by atoms with E-state index in [1.165, 1.54) is 5.56 Å². The van der Waals surface area contributed by atoms with Crippen molar-refractivity contribution in [2.45, 2.75) is 45.8 Å². The molecule has 122 valence electrons. The van der Waals surface area contributed by atoms with Crippen molar-refractivity contribution in [1.82, 2.24) is 10.6 Å². The number of benzene rings is 1. The van der Waals surface area contributed by atoms with Crippen molar-refractivity contribution in [2.24, 2.45) is 5.92 Å². The molecule has 1 aliphatic heterocycles. The minimum atomic E-state index is -0.121. The minimum absolute atomic E-state index is 0.0923. The lowest BCUT2D eigenvalue weighted by Gasteiger charge is -2.31. The highest BCUT2D eigenvalue weighted by Crippen LogP contribution is 2.33. The Bertz CT molecular complexity index is 472. The largest absolute Gasteiger partial charge is 0.373 e. The standard InChI is InChI=1S/C18H28N2O2/c1-4-19-14(3)12-20-18(21)16-6-5-11-22-17(16)15-9-7-13(2)8-10-15/h7-10,14,16-17,19H,4-6,11-12H2,1-3H3,(H,20,21)/t14-,16?,17?/m1/s1. The summed E-state index contributed by atoms with van der Waals surface area (Å²) in [4.78, 5) is 12.5. The zero-order valence-corrected chi connectivity index (χ0v) is 13.9. The molecule has 4 nitrogen and oxygen atoms in total. The van der Waals surface area contributed by atoms with E-state index < -0.39 is 0 Å². The molecule has 1 aliphatic rings.